The zero-order chi connectivity index (χ0) is 20.1. The Bertz CT molecular complexity index is 1150. The predicted octanol–water partition coefficient (Wildman–Crippen LogP) is 2.55. The second-order valence-electron chi connectivity index (χ2n) is 6.43. The van der Waals surface area contributed by atoms with Crippen molar-refractivity contribution in [3.05, 3.63) is 87.5 Å². The first-order valence-corrected chi connectivity index (χ1v) is 11.1. The fourth-order valence-corrected chi connectivity index (χ4v) is 4.29. The van der Waals surface area contributed by atoms with Gasteiger partial charge in [-0.2, -0.15) is 5.10 Å². The predicted molar refractivity (Wildman–Crippen MR) is 115 cm³/mol. The van der Waals surface area contributed by atoms with Gasteiger partial charge in [0.15, 0.2) is 4.96 Å². The van der Waals surface area contributed by atoms with Crippen molar-refractivity contribution in [3.8, 4) is 0 Å². The topological polar surface area (TPSA) is 81.3 Å². The maximum atomic E-state index is 12.1. The lowest BCUT2D eigenvalue weighted by molar-refractivity contribution is -0.118. The molecule has 4 aromatic rings. The molecule has 0 atom stereocenters. The molecule has 4 rings (SSSR count). The molecule has 7 nitrogen and oxygen atoms in total. The van der Waals surface area contributed by atoms with Crippen molar-refractivity contribution in [2.75, 3.05) is 5.75 Å². The van der Waals surface area contributed by atoms with E-state index in [0.717, 1.165) is 17.7 Å². The van der Waals surface area contributed by atoms with E-state index in [0.29, 0.717) is 28.7 Å². The van der Waals surface area contributed by atoms with Crippen LogP contribution >= 0.6 is 23.1 Å². The molecule has 0 bridgehead atoms. The molecule has 148 valence electrons. The minimum atomic E-state index is -0.0905. The average molecular weight is 426 g/mol. The van der Waals surface area contributed by atoms with Crippen LogP contribution < -0.4 is 10.9 Å². The first-order valence-electron chi connectivity index (χ1n) is 9.03. The third-order valence-corrected chi connectivity index (χ3v) is 5.98. The zero-order valence-electron chi connectivity index (χ0n) is 15.5. The van der Waals surface area contributed by atoms with Crippen LogP contribution in [0.25, 0.3) is 4.96 Å². The normalized spacial score (nSPS) is 11.0. The Morgan fingerprint density at radius 1 is 1.17 bits per heavy atom. The van der Waals surface area contributed by atoms with Gasteiger partial charge in [-0.05, 0) is 17.2 Å². The Morgan fingerprint density at radius 2 is 2.00 bits per heavy atom. The summed E-state index contributed by atoms with van der Waals surface area (Å²) in [6, 6.07) is 11.5. The largest absolute Gasteiger partial charge is 0.351 e. The maximum absolute atomic E-state index is 12.1. The van der Waals surface area contributed by atoms with Gasteiger partial charge in [-0.25, -0.2) is 4.98 Å². The molecule has 0 saturated heterocycles. The molecule has 0 saturated carbocycles. The number of hydrogen-bond donors (Lipinski definition) is 1. The minimum Gasteiger partial charge on any atom is -0.351 e. The lowest BCUT2D eigenvalue weighted by Crippen LogP contribution is -2.24. The molecule has 0 radical (unpaired) electrons. The van der Waals surface area contributed by atoms with E-state index in [1.54, 1.807) is 12.4 Å². The molecule has 0 aliphatic rings. The van der Waals surface area contributed by atoms with E-state index in [4.69, 9.17) is 0 Å². The molecule has 1 N–H and O–H groups in total. The van der Waals surface area contributed by atoms with Gasteiger partial charge in [0.25, 0.3) is 5.56 Å². The molecule has 0 fully saturated rings. The van der Waals surface area contributed by atoms with Crippen molar-refractivity contribution in [2.24, 2.45) is 0 Å². The Hall–Kier alpha value is -2.91. The summed E-state index contributed by atoms with van der Waals surface area (Å²) in [5.41, 5.74) is 2.81. The molecule has 1 amide bonds. The smallest absolute Gasteiger partial charge is 0.258 e. The van der Waals surface area contributed by atoms with Gasteiger partial charge in [0.05, 0.1) is 18.0 Å². The molecule has 3 aromatic heterocycles. The van der Waals surface area contributed by atoms with E-state index in [1.165, 1.54) is 33.6 Å². The average Bonchev–Trinajstić information content (AvgIpc) is 3.39. The summed E-state index contributed by atoms with van der Waals surface area (Å²) < 4.78 is 3.39. The van der Waals surface area contributed by atoms with Crippen molar-refractivity contribution >= 4 is 34.0 Å². The Kier molecular flexibility index (Phi) is 6.06. The monoisotopic (exact) mass is 425 g/mol. The second kappa shape index (κ2) is 9.06. The van der Waals surface area contributed by atoms with Crippen molar-refractivity contribution in [1.82, 2.24) is 24.5 Å². The van der Waals surface area contributed by atoms with Crippen LogP contribution in [0.3, 0.4) is 0 Å². The third-order valence-electron chi connectivity index (χ3n) is 4.26. The van der Waals surface area contributed by atoms with Crippen LogP contribution in [0, 0.1) is 0 Å². The first kappa shape index (κ1) is 19.4. The molecule has 1 aromatic carbocycles. The lowest BCUT2D eigenvalue weighted by Gasteiger charge is -2.07. The molecule has 0 aliphatic carbocycles. The van der Waals surface area contributed by atoms with Crippen LogP contribution in [0.1, 0.15) is 16.8 Å². The van der Waals surface area contributed by atoms with E-state index in [9.17, 15) is 9.59 Å². The standard InChI is InChI=1S/C20H19N5O2S2/c26-18(14-28-13-17-10-19(27)25-8-9-29-20(25)23-17)21-11-15-2-4-16(5-3-15)12-24-7-1-6-22-24/h1-10H,11-14H2,(H,21,26). The summed E-state index contributed by atoms with van der Waals surface area (Å²) in [7, 11) is 0. The number of hydrogen-bond acceptors (Lipinski definition) is 6. The van der Waals surface area contributed by atoms with E-state index in [-0.39, 0.29) is 11.5 Å². The number of aromatic nitrogens is 4. The summed E-state index contributed by atoms with van der Waals surface area (Å²) >= 11 is 2.87. The number of thiazole rings is 1. The molecule has 0 aliphatic heterocycles. The highest BCUT2D eigenvalue weighted by Crippen LogP contribution is 2.12. The molecule has 3 heterocycles. The van der Waals surface area contributed by atoms with Gasteiger partial charge in [0.2, 0.25) is 5.91 Å². The molecule has 0 spiro atoms. The number of nitrogens with zero attached hydrogens (tertiary/aromatic N) is 4. The summed E-state index contributed by atoms with van der Waals surface area (Å²) in [6.07, 6.45) is 5.40. The van der Waals surface area contributed by atoms with Crippen molar-refractivity contribution in [1.29, 1.82) is 0 Å². The maximum Gasteiger partial charge on any atom is 0.258 e. The van der Waals surface area contributed by atoms with Gasteiger partial charge < -0.3 is 5.32 Å². The number of benzene rings is 1. The van der Waals surface area contributed by atoms with Crippen LogP contribution in [0.4, 0.5) is 0 Å². The van der Waals surface area contributed by atoms with Gasteiger partial charge in [-0.3, -0.25) is 18.7 Å². The van der Waals surface area contributed by atoms with Gasteiger partial charge in [0.1, 0.15) is 0 Å². The third kappa shape index (κ3) is 5.12. The SMILES string of the molecule is O=C(CSCc1cc(=O)n2ccsc2n1)NCc1ccc(Cn2cccn2)cc1. The van der Waals surface area contributed by atoms with Crippen molar-refractivity contribution in [3.63, 3.8) is 0 Å². The lowest BCUT2D eigenvalue weighted by atomic mass is 10.1. The molecular weight excluding hydrogens is 406 g/mol. The quantitative estimate of drug-likeness (QED) is 0.469. The summed E-state index contributed by atoms with van der Waals surface area (Å²) in [6.45, 7) is 1.22. The molecule has 0 unspecified atom stereocenters. The zero-order valence-corrected chi connectivity index (χ0v) is 17.2. The van der Waals surface area contributed by atoms with E-state index in [1.807, 2.05) is 46.6 Å². The minimum absolute atomic E-state index is 0.0375. The Morgan fingerprint density at radius 3 is 2.79 bits per heavy atom. The van der Waals surface area contributed by atoms with Gasteiger partial charge in [-0.1, -0.05) is 24.3 Å². The van der Waals surface area contributed by atoms with E-state index < -0.39 is 0 Å². The van der Waals surface area contributed by atoms with Crippen LogP contribution in [0.5, 0.6) is 0 Å². The highest BCUT2D eigenvalue weighted by Gasteiger charge is 2.06. The Labute approximate surface area is 175 Å². The molecule has 29 heavy (non-hydrogen) atoms. The van der Waals surface area contributed by atoms with Crippen LogP contribution in [-0.4, -0.2) is 30.8 Å². The van der Waals surface area contributed by atoms with E-state index >= 15 is 0 Å². The van der Waals surface area contributed by atoms with Crippen molar-refractivity contribution < 1.29 is 4.79 Å². The highest BCUT2D eigenvalue weighted by molar-refractivity contribution is 7.99. The van der Waals surface area contributed by atoms with Gasteiger partial charge in [0, 0.05) is 42.3 Å². The fourth-order valence-electron chi connectivity index (χ4n) is 2.81. The number of carbonyl (C=O) groups is 1. The van der Waals surface area contributed by atoms with Crippen LogP contribution in [0.2, 0.25) is 0 Å². The fraction of sp³-hybridized carbons (Fsp3) is 0.200. The second-order valence-corrected chi connectivity index (χ2v) is 8.29. The number of rotatable bonds is 8. The number of fused-ring (bicyclic) bond motifs is 1. The number of amides is 1. The number of thioether (sulfide) groups is 1. The molecule has 9 heteroatoms. The van der Waals surface area contributed by atoms with Crippen molar-refractivity contribution in [2.45, 2.75) is 18.8 Å². The van der Waals surface area contributed by atoms with Crippen LogP contribution in [0.15, 0.2) is 65.2 Å². The van der Waals surface area contributed by atoms with E-state index in [2.05, 4.69) is 15.4 Å². The van der Waals surface area contributed by atoms with Gasteiger partial charge in [-0.15, -0.1) is 23.1 Å². The summed E-state index contributed by atoms with van der Waals surface area (Å²) in [5, 5.41) is 8.95. The highest BCUT2D eigenvalue weighted by atomic mass is 32.2. The van der Waals surface area contributed by atoms with Crippen LogP contribution in [-0.2, 0) is 23.6 Å². The number of carbonyl (C=O) groups excluding carboxylic acids is 1. The molecular formula is C20H19N5O2S2. The summed E-state index contributed by atoms with van der Waals surface area (Å²) in [4.78, 5) is 29.2. The first-order chi connectivity index (χ1) is 14.2. The van der Waals surface area contributed by atoms with Gasteiger partial charge >= 0.3 is 0 Å². The summed E-state index contributed by atoms with van der Waals surface area (Å²) in [5.74, 6) is 0.812. The Balaban J connectivity index is 1.22. The number of nitrogens with one attached hydrogen (secondary N) is 1.